The molecule has 1 atom stereocenters. The first kappa shape index (κ1) is 27.2. The molecule has 0 N–H and O–H groups in total. The minimum atomic E-state index is -4.82. The standard InChI is InChI=1S/C23H16Cl2F4N2O5S2/c1-38(34,35)8-18(32)31-9-21(10-31)14-3-2-11(4-13(14)20(33)36-21)17-7-22(37-30-17,23(27,28)29)12-5-15(24)19(26)16(25)6-12/h2-6H,7-10H2,1H3. The number of hydrogen-bond donors (Lipinski definition) is 0. The summed E-state index contributed by atoms with van der Waals surface area (Å²) in [7, 11) is -3.54. The van der Waals surface area contributed by atoms with Crippen molar-refractivity contribution < 1.29 is 40.3 Å². The van der Waals surface area contributed by atoms with Gasteiger partial charge in [-0.3, -0.25) is 4.79 Å². The van der Waals surface area contributed by atoms with Gasteiger partial charge in [-0.15, -0.1) is 0 Å². The van der Waals surface area contributed by atoms with Crippen LogP contribution in [0.25, 0.3) is 0 Å². The Kier molecular flexibility index (Phi) is 6.33. The largest absolute Gasteiger partial charge is 0.447 e. The Morgan fingerprint density at radius 1 is 1.18 bits per heavy atom. The molecule has 0 aliphatic carbocycles. The minimum absolute atomic E-state index is 0.0408. The molecule has 2 aromatic carbocycles. The summed E-state index contributed by atoms with van der Waals surface area (Å²) in [6.45, 7) is -0.0843. The minimum Gasteiger partial charge on any atom is -0.447 e. The molecule has 1 fully saturated rings. The average Bonchev–Trinajstić information content (AvgIpc) is 3.35. The van der Waals surface area contributed by atoms with Gasteiger partial charge in [0, 0.05) is 18.2 Å². The molecule has 3 aliphatic heterocycles. The molecule has 1 unspecified atom stereocenters. The summed E-state index contributed by atoms with van der Waals surface area (Å²) in [5.74, 6) is -3.05. The SMILES string of the molecule is CS(=O)(=O)CC(=O)N1CC2(C1)OC(=O)c1cc(C3=NSC(c4cc(Cl)c(F)c(Cl)c4)(C(F)(F)F)C3)ccc12. The van der Waals surface area contributed by atoms with Crippen LogP contribution >= 0.6 is 35.1 Å². The van der Waals surface area contributed by atoms with Crippen LogP contribution in [0.3, 0.4) is 0 Å². The second kappa shape index (κ2) is 8.83. The summed E-state index contributed by atoms with van der Waals surface area (Å²) in [5, 5.41) is -1.11. The monoisotopic (exact) mass is 610 g/mol. The van der Waals surface area contributed by atoms with Crippen molar-refractivity contribution in [3.63, 3.8) is 0 Å². The van der Waals surface area contributed by atoms with Crippen molar-refractivity contribution in [2.45, 2.75) is 22.9 Å². The van der Waals surface area contributed by atoms with Gasteiger partial charge >= 0.3 is 12.1 Å². The van der Waals surface area contributed by atoms with E-state index in [4.69, 9.17) is 27.9 Å². The van der Waals surface area contributed by atoms with Gasteiger partial charge in [0.05, 0.1) is 34.4 Å². The van der Waals surface area contributed by atoms with E-state index in [0.29, 0.717) is 5.56 Å². The first-order valence-electron chi connectivity index (χ1n) is 10.9. The van der Waals surface area contributed by atoms with E-state index in [2.05, 4.69) is 4.40 Å². The second-order valence-corrected chi connectivity index (χ2v) is 13.4. The van der Waals surface area contributed by atoms with Crippen molar-refractivity contribution in [2.24, 2.45) is 4.40 Å². The van der Waals surface area contributed by atoms with Gasteiger partial charge in [0.2, 0.25) is 5.91 Å². The van der Waals surface area contributed by atoms with Crippen LogP contribution < -0.4 is 0 Å². The second-order valence-electron chi connectivity index (χ2n) is 9.35. The Labute approximate surface area is 228 Å². The number of amides is 1. The number of fused-ring (bicyclic) bond motifs is 2. The van der Waals surface area contributed by atoms with Gasteiger partial charge in [0.15, 0.2) is 26.0 Å². The Morgan fingerprint density at radius 2 is 1.82 bits per heavy atom. The van der Waals surface area contributed by atoms with Crippen LogP contribution in [0.4, 0.5) is 17.6 Å². The topological polar surface area (TPSA) is 93.1 Å². The van der Waals surface area contributed by atoms with E-state index in [1.54, 1.807) is 0 Å². The van der Waals surface area contributed by atoms with Crippen molar-refractivity contribution in [1.82, 2.24) is 4.90 Å². The van der Waals surface area contributed by atoms with Crippen LogP contribution in [0.1, 0.15) is 33.5 Å². The molecule has 202 valence electrons. The van der Waals surface area contributed by atoms with Crippen LogP contribution in [0.2, 0.25) is 10.0 Å². The van der Waals surface area contributed by atoms with E-state index in [-0.39, 0.29) is 47.4 Å². The molecule has 0 radical (unpaired) electrons. The van der Waals surface area contributed by atoms with E-state index in [9.17, 15) is 35.6 Å². The highest BCUT2D eigenvalue weighted by molar-refractivity contribution is 7.99. The fraction of sp³-hybridized carbons (Fsp3) is 0.348. The molecule has 15 heteroatoms. The van der Waals surface area contributed by atoms with Crippen LogP contribution in [-0.2, 0) is 29.7 Å². The van der Waals surface area contributed by atoms with E-state index >= 15 is 0 Å². The van der Waals surface area contributed by atoms with Crippen LogP contribution in [0.5, 0.6) is 0 Å². The molecule has 38 heavy (non-hydrogen) atoms. The fourth-order valence-electron chi connectivity index (χ4n) is 4.72. The molecular weight excluding hydrogens is 595 g/mol. The van der Waals surface area contributed by atoms with E-state index in [1.165, 1.54) is 23.1 Å². The van der Waals surface area contributed by atoms with Gasteiger partial charge in [-0.05, 0) is 41.3 Å². The molecule has 2 aromatic rings. The van der Waals surface area contributed by atoms with Crippen molar-refractivity contribution in [1.29, 1.82) is 0 Å². The molecule has 7 nitrogen and oxygen atoms in total. The van der Waals surface area contributed by atoms with Crippen molar-refractivity contribution in [3.8, 4) is 0 Å². The molecule has 0 saturated carbocycles. The number of benzene rings is 2. The Bertz CT molecular complexity index is 1520. The summed E-state index contributed by atoms with van der Waals surface area (Å²) in [4.78, 5) is 26.1. The molecular formula is C23H16Cl2F4N2O5S2. The average molecular weight is 611 g/mol. The summed E-state index contributed by atoms with van der Waals surface area (Å²) in [6.07, 6.45) is -4.52. The number of nitrogens with zero attached hydrogens (tertiary/aromatic N) is 2. The quantitative estimate of drug-likeness (QED) is 0.216. The lowest BCUT2D eigenvalue weighted by Crippen LogP contribution is -2.62. The fourth-order valence-corrected chi connectivity index (χ4v) is 6.80. The molecule has 1 saturated heterocycles. The zero-order valence-corrected chi connectivity index (χ0v) is 22.4. The number of carbonyl (C=O) groups excluding carboxylic acids is 2. The Morgan fingerprint density at radius 3 is 2.39 bits per heavy atom. The van der Waals surface area contributed by atoms with Crippen LogP contribution in [-0.4, -0.2) is 62.2 Å². The maximum absolute atomic E-state index is 14.4. The summed E-state index contributed by atoms with van der Waals surface area (Å²) >= 11 is 11.8. The smallest absolute Gasteiger partial charge is 0.409 e. The number of rotatable bonds is 4. The molecule has 3 aliphatic rings. The molecule has 5 rings (SSSR count). The number of ether oxygens (including phenoxy) is 1. The lowest BCUT2D eigenvalue weighted by atomic mass is 9.83. The van der Waals surface area contributed by atoms with E-state index < -0.39 is 66.3 Å². The first-order valence-corrected chi connectivity index (χ1v) is 14.4. The number of halogens is 6. The molecule has 1 spiro atoms. The number of esters is 1. The van der Waals surface area contributed by atoms with Crippen molar-refractivity contribution >= 4 is 62.6 Å². The Hall–Kier alpha value is -2.35. The summed E-state index contributed by atoms with van der Waals surface area (Å²) in [6, 6.07) is 6.15. The van der Waals surface area contributed by atoms with E-state index in [1.807, 2.05) is 0 Å². The maximum Gasteiger partial charge on any atom is 0.409 e. The number of likely N-dealkylation sites (tertiary alicyclic amines) is 1. The lowest BCUT2D eigenvalue weighted by molar-refractivity contribution is -0.159. The van der Waals surface area contributed by atoms with Crippen molar-refractivity contribution in [3.05, 3.63) is 68.4 Å². The summed E-state index contributed by atoms with van der Waals surface area (Å²) in [5.41, 5.74) is -0.665. The van der Waals surface area contributed by atoms with Gasteiger partial charge in [-0.2, -0.15) is 13.2 Å². The van der Waals surface area contributed by atoms with Crippen molar-refractivity contribution in [2.75, 3.05) is 25.1 Å². The highest BCUT2D eigenvalue weighted by Crippen LogP contribution is 2.57. The van der Waals surface area contributed by atoms with Gasteiger partial charge in [0.1, 0.15) is 5.75 Å². The third-order valence-corrected chi connectivity index (χ3v) is 9.17. The molecule has 0 aromatic heterocycles. The van der Waals surface area contributed by atoms with Gasteiger partial charge in [-0.1, -0.05) is 35.3 Å². The van der Waals surface area contributed by atoms with Gasteiger partial charge in [0.25, 0.3) is 0 Å². The predicted molar refractivity (Wildman–Crippen MR) is 133 cm³/mol. The predicted octanol–water partition coefficient (Wildman–Crippen LogP) is 4.68. The molecule has 0 bridgehead atoms. The van der Waals surface area contributed by atoms with Crippen LogP contribution in [0.15, 0.2) is 34.7 Å². The number of carbonyl (C=O) groups is 2. The first-order chi connectivity index (χ1) is 17.6. The normalized spacial score (nSPS) is 22.2. The highest BCUT2D eigenvalue weighted by atomic mass is 35.5. The van der Waals surface area contributed by atoms with Crippen LogP contribution in [0, 0.1) is 5.82 Å². The number of alkyl halides is 3. The summed E-state index contributed by atoms with van der Waals surface area (Å²) < 4.78 is 86.8. The Balaban J connectivity index is 1.42. The third-order valence-electron chi connectivity index (χ3n) is 6.62. The highest BCUT2D eigenvalue weighted by Gasteiger charge is 2.61. The van der Waals surface area contributed by atoms with Gasteiger partial charge < -0.3 is 9.64 Å². The maximum atomic E-state index is 14.4. The number of sulfone groups is 1. The third kappa shape index (κ3) is 4.37. The lowest BCUT2D eigenvalue weighted by Gasteiger charge is -2.46. The zero-order chi connectivity index (χ0) is 27.8. The van der Waals surface area contributed by atoms with E-state index in [0.717, 1.165) is 18.4 Å². The molecule has 1 amide bonds. The zero-order valence-electron chi connectivity index (χ0n) is 19.2. The number of hydrogen-bond acceptors (Lipinski definition) is 7. The van der Waals surface area contributed by atoms with Gasteiger partial charge in [-0.25, -0.2) is 22.0 Å². The molecule has 3 heterocycles.